The number of nitrogens with one attached hydrogen (secondary N) is 1. The first-order chi connectivity index (χ1) is 6.58. The summed E-state index contributed by atoms with van der Waals surface area (Å²) in [5.74, 6) is 0.391. The van der Waals surface area contributed by atoms with Crippen LogP contribution in [0.1, 0.15) is 26.7 Å². The van der Waals surface area contributed by atoms with Gasteiger partial charge in [-0.25, -0.2) is 0 Å². The van der Waals surface area contributed by atoms with Gasteiger partial charge in [0.25, 0.3) is 0 Å². The zero-order chi connectivity index (χ0) is 10.6. The molecule has 1 rings (SSSR count). The number of primary amides is 1. The predicted molar refractivity (Wildman–Crippen MR) is 54.8 cm³/mol. The Labute approximate surface area is 85.2 Å². The number of nitrogens with two attached hydrogens (primary N) is 1. The summed E-state index contributed by atoms with van der Waals surface area (Å²) in [7, 11) is 0. The van der Waals surface area contributed by atoms with E-state index in [-0.39, 0.29) is 5.91 Å². The Balaban J connectivity index is 2.37. The van der Waals surface area contributed by atoms with Crippen LogP contribution in [0.25, 0.3) is 0 Å². The summed E-state index contributed by atoms with van der Waals surface area (Å²) < 4.78 is 5.25. The van der Waals surface area contributed by atoms with Gasteiger partial charge >= 0.3 is 0 Å². The monoisotopic (exact) mass is 200 g/mol. The number of rotatable bonds is 7. The molecular weight excluding hydrogens is 180 g/mol. The van der Waals surface area contributed by atoms with Crippen LogP contribution in [0.5, 0.6) is 0 Å². The molecule has 0 radical (unpaired) electrons. The Morgan fingerprint density at radius 2 is 2.29 bits per heavy atom. The topological polar surface area (TPSA) is 64.3 Å². The third-order valence-corrected chi connectivity index (χ3v) is 2.62. The minimum absolute atomic E-state index is 0.341. The second kappa shape index (κ2) is 4.75. The highest BCUT2D eigenvalue weighted by Crippen LogP contribution is 2.28. The average Bonchev–Trinajstić information content (AvgIpc) is 2.94. The van der Waals surface area contributed by atoms with Crippen LogP contribution in [-0.4, -0.2) is 31.2 Å². The molecule has 3 N–H and O–H groups in total. The number of amides is 1. The van der Waals surface area contributed by atoms with Gasteiger partial charge in [-0.1, -0.05) is 0 Å². The average molecular weight is 200 g/mol. The molecule has 1 unspecified atom stereocenters. The largest absolute Gasteiger partial charge is 0.379 e. The van der Waals surface area contributed by atoms with Crippen molar-refractivity contribution < 1.29 is 9.53 Å². The van der Waals surface area contributed by atoms with Gasteiger partial charge in [0, 0.05) is 6.61 Å². The number of ether oxygens (including phenoxy) is 1. The van der Waals surface area contributed by atoms with Crippen molar-refractivity contribution in [1.82, 2.24) is 5.32 Å². The van der Waals surface area contributed by atoms with Gasteiger partial charge in [-0.15, -0.1) is 0 Å². The van der Waals surface area contributed by atoms with E-state index in [0.717, 1.165) is 12.5 Å². The molecule has 1 amide bonds. The predicted octanol–water partition coefficient (Wildman–Crippen LogP) is 0.267. The molecule has 0 aliphatic heterocycles. The molecule has 4 nitrogen and oxygen atoms in total. The Bertz CT molecular complexity index is 204. The van der Waals surface area contributed by atoms with Crippen LogP contribution < -0.4 is 11.1 Å². The molecule has 1 aliphatic rings. The summed E-state index contributed by atoms with van der Waals surface area (Å²) in [6, 6.07) is 0. The van der Waals surface area contributed by atoms with Crippen LogP contribution in [0.15, 0.2) is 0 Å². The Morgan fingerprint density at radius 1 is 1.64 bits per heavy atom. The number of carbonyl (C=O) groups excluding carboxylic acids is 1. The number of hydrogen-bond donors (Lipinski definition) is 2. The van der Waals surface area contributed by atoms with Crippen LogP contribution in [0, 0.1) is 5.92 Å². The van der Waals surface area contributed by atoms with Crippen LogP contribution in [0.3, 0.4) is 0 Å². The lowest BCUT2D eigenvalue weighted by Crippen LogP contribution is -2.56. The molecule has 0 spiro atoms. The van der Waals surface area contributed by atoms with Crippen molar-refractivity contribution in [3.63, 3.8) is 0 Å². The van der Waals surface area contributed by atoms with Crippen molar-refractivity contribution in [3.05, 3.63) is 0 Å². The van der Waals surface area contributed by atoms with E-state index in [2.05, 4.69) is 5.32 Å². The zero-order valence-corrected chi connectivity index (χ0v) is 9.01. The van der Waals surface area contributed by atoms with Gasteiger partial charge in [-0.2, -0.15) is 0 Å². The molecule has 0 aromatic rings. The van der Waals surface area contributed by atoms with E-state index in [9.17, 15) is 4.79 Å². The van der Waals surface area contributed by atoms with Crippen LogP contribution in [0.4, 0.5) is 0 Å². The van der Waals surface area contributed by atoms with Crippen molar-refractivity contribution in [1.29, 1.82) is 0 Å². The van der Waals surface area contributed by atoms with E-state index in [1.807, 2.05) is 6.92 Å². The molecule has 1 atom stereocenters. The van der Waals surface area contributed by atoms with Gasteiger partial charge < -0.3 is 15.8 Å². The van der Waals surface area contributed by atoms with Gasteiger partial charge in [-0.3, -0.25) is 4.79 Å². The summed E-state index contributed by atoms with van der Waals surface area (Å²) in [6.07, 6.45) is 2.52. The minimum atomic E-state index is -0.710. The van der Waals surface area contributed by atoms with Crippen molar-refractivity contribution in [2.24, 2.45) is 11.7 Å². The lowest BCUT2D eigenvalue weighted by Gasteiger charge is -2.27. The minimum Gasteiger partial charge on any atom is -0.379 e. The molecule has 0 aromatic heterocycles. The van der Waals surface area contributed by atoms with E-state index in [1.54, 1.807) is 6.92 Å². The molecule has 0 saturated heterocycles. The molecule has 1 fully saturated rings. The summed E-state index contributed by atoms with van der Waals surface area (Å²) in [5, 5.41) is 3.19. The summed E-state index contributed by atoms with van der Waals surface area (Å²) in [4.78, 5) is 11.2. The number of hydrogen-bond acceptors (Lipinski definition) is 3. The lowest BCUT2D eigenvalue weighted by molar-refractivity contribution is -0.126. The molecular formula is C10H20N2O2. The molecule has 4 heteroatoms. The van der Waals surface area contributed by atoms with Crippen molar-refractivity contribution >= 4 is 5.91 Å². The van der Waals surface area contributed by atoms with Crippen LogP contribution in [-0.2, 0) is 9.53 Å². The highest BCUT2D eigenvalue weighted by atomic mass is 16.5. The third-order valence-electron chi connectivity index (χ3n) is 2.62. The van der Waals surface area contributed by atoms with E-state index >= 15 is 0 Å². The lowest BCUT2D eigenvalue weighted by atomic mass is 10.0. The van der Waals surface area contributed by atoms with Crippen LogP contribution in [0.2, 0.25) is 0 Å². The van der Waals surface area contributed by atoms with Gasteiger partial charge in [0.15, 0.2) is 0 Å². The second-order valence-electron chi connectivity index (χ2n) is 4.16. The first kappa shape index (κ1) is 11.5. The Morgan fingerprint density at radius 3 is 2.71 bits per heavy atom. The van der Waals surface area contributed by atoms with Crippen molar-refractivity contribution in [2.75, 3.05) is 19.8 Å². The molecule has 1 aliphatic carbocycles. The summed E-state index contributed by atoms with van der Waals surface area (Å²) in [6.45, 7) is 5.53. The fraction of sp³-hybridized carbons (Fsp3) is 0.900. The highest BCUT2D eigenvalue weighted by molar-refractivity contribution is 5.84. The third kappa shape index (κ3) is 3.27. The molecule has 14 heavy (non-hydrogen) atoms. The van der Waals surface area contributed by atoms with Gasteiger partial charge in [0.1, 0.15) is 5.54 Å². The molecule has 0 bridgehead atoms. The molecule has 0 heterocycles. The molecule has 0 aromatic carbocycles. The van der Waals surface area contributed by atoms with Crippen molar-refractivity contribution in [2.45, 2.75) is 32.2 Å². The molecule has 1 saturated carbocycles. The number of carbonyl (C=O) groups is 1. The zero-order valence-electron chi connectivity index (χ0n) is 9.01. The Kier molecular flexibility index (Phi) is 3.89. The van der Waals surface area contributed by atoms with Gasteiger partial charge in [0.2, 0.25) is 5.91 Å². The highest BCUT2D eigenvalue weighted by Gasteiger charge is 2.33. The maximum absolute atomic E-state index is 11.2. The smallest absolute Gasteiger partial charge is 0.239 e. The first-order valence-corrected chi connectivity index (χ1v) is 5.21. The fourth-order valence-electron chi connectivity index (χ4n) is 1.21. The van der Waals surface area contributed by atoms with E-state index in [1.165, 1.54) is 12.8 Å². The van der Waals surface area contributed by atoms with Gasteiger partial charge in [-0.05, 0) is 39.2 Å². The van der Waals surface area contributed by atoms with Crippen LogP contribution >= 0.6 is 0 Å². The normalized spacial score (nSPS) is 20.4. The standard InChI is InChI=1S/C10H20N2O2/c1-3-14-7-10(2,9(11)13)12-6-8-4-5-8/h8,12H,3-7H2,1-2H3,(H2,11,13). The summed E-state index contributed by atoms with van der Waals surface area (Å²) in [5.41, 5.74) is 4.63. The first-order valence-electron chi connectivity index (χ1n) is 5.21. The SMILES string of the molecule is CCOCC(C)(NCC1CC1)C(N)=O. The van der Waals surface area contributed by atoms with E-state index in [4.69, 9.17) is 10.5 Å². The quantitative estimate of drug-likeness (QED) is 0.620. The van der Waals surface area contributed by atoms with E-state index < -0.39 is 5.54 Å². The molecule has 82 valence electrons. The van der Waals surface area contributed by atoms with Crippen molar-refractivity contribution in [3.8, 4) is 0 Å². The summed E-state index contributed by atoms with van der Waals surface area (Å²) >= 11 is 0. The fourth-order valence-corrected chi connectivity index (χ4v) is 1.21. The maximum atomic E-state index is 11.2. The van der Waals surface area contributed by atoms with E-state index in [0.29, 0.717) is 13.2 Å². The Hall–Kier alpha value is -0.610. The second-order valence-corrected chi connectivity index (χ2v) is 4.16. The van der Waals surface area contributed by atoms with Gasteiger partial charge in [0.05, 0.1) is 6.61 Å². The maximum Gasteiger partial charge on any atom is 0.239 e.